The zero-order valence-corrected chi connectivity index (χ0v) is 11.2. The number of halogens is 6. The van der Waals surface area contributed by atoms with E-state index in [2.05, 4.69) is 10.3 Å². The van der Waals surface area contributed by atoms with E-state index in [9.17, 15) is 13.2 Å². The minimum Gasteiger partial charge on any atom is -0.349 e. The lowest BCUT2D eigenvalue weighted by molar-refractivity contribution is 0.450. The number of benzene rings is 1. The van der Waals surface area contributed by atoms with Crippen molar-refractivity contribution in [2.24, 2.45) is 0 Å². The van der Waals surface area contributed by atoms with Crippen LogP contribution >= 0.6 is 34.8 Å². The van der Waals surface area contributed by atoms with Gasteiger partial charge in [-0.1, -0.05) is 40.9 Å². The molecule has 0 amide bonds. The average Bonchev–Trinajstić information content (AvgIpc) is 2.35. The maximum absolute atomic E-state index is 13.6. The second kappa shape index (κ2) is 5.45. The van der Waals surface area contributed by atoms with E-state index in [0.717, 1.165) is 0 Å². The number of nitrogens with zero attached hydrogens (tertiary/aromatic N) is 1. The normalized spacial score (nSPS) is 10.6. The van der Waals surface area contributed by atoms with Crippen molar-refractivity contribution in [3.63, 3.8) is 0 Å². The maximum Gasteiger partial charge on any atom is 0.253 e. The number of anilines is 2. The van der Waals surface area contributed by atoms with Crippen LogP contribution in [0.15, 0.2) is 18.2 Å². The standard InChI is InChI=1S/C11H4Cl3F3N2/c12-4-2-1-3-5(13)8(4)18-9-6(14)10(16)19-11(17)7(9)15/h1-3H,(H,18,19). The van der Waals surface area contributed by atoms with Crippen molar-refractivity contribution in [3.05, 3.63) is 51.0 Å². The second-order valence-electron chi connectivity index (χ2n) is 3.42. The summed E-state index contributed by atoms with van der Waals surface area (Å²) in [6.45, 7) is 0. The molecule has 0 aliphatic heterocycles. The molecule has 0 atom stereocenters. The van der Waals surface area contributed by atoms with Crippen molar-refractivity contribution in [3.8, 4) is 0 Å². The Kier molecular flexibility index (Phi) is 4.08. The van der Waals surface area contributed by atoms with Crippen LogP contribution in [0.2, 0.25) is 15.1 Å². The molecule has 1 heterocycles. The van der Waals surface area contributed by atoms with E-state index in [-0.39, 0.29) is 15.7 Å². The largest absolute Gasteiger partial charge is 0.349 e. The van der Waals surface area contributed by atoms with Gasteiger partial charge in [-0.15, -0.1) is 0 Å². The molecule has 1 N–H and O–H groups in total. The van der Waals surface area contributed by atoms with Crippen molar-refractivity contribution in [1.82, 2.24) is 4.98 Å². The summed E-state index contributed by atoms with van der Waals surface area (Å²) in [5.74, 6) is -4.39. The molecule has 0 aliphatic rings. The van der Waals surface area contributed by atoms with Crippen molar-refractivity contribution >= 4 is 46.2 Å². The summed E-state index contributed by atoms with van der Waals surface area (Å²) in [4.78, 5) is 2.67. The highest BCUT2D eigenvalue weighted by Gasteiger charge is 2.20. The summed E-state index contributed by atoms with van der Waals surface area (Å²) in [6.07, 6.45) is 0. The van der Waals surface area contributed by atoms with Crippen LogP contribution in [0.25, 0.3) is 0 Å². The SMILES string of the molecule is Fc1nc(F)c(Cl)c(Nc2c(Cl)cccc2Cl)c1F. The van der Waals surface area contributed by atoms with Crippen LogP contribution < -0.4 is 5.32 Å². The summed E-state index contributed by atoms with van der Waals surface area (Å²) in [5, 5.41) is 1.95. The van der Waals surface area contributed by atoms with E-state index in [4.69, 9.17) is 34.8 Å². The molecule has 0 fully saturated rings. The molecule has 19 heavy (non-hydrogen) atoms. The molecule has 0 radical (unpaired) electrons. The van der Waals surface area contributed by atoms with Gasteiger partial charge in [0.1, 0.15) is 10.7 Å². The van der Waals surface area contributed by atoms with Gasteiger partial charge in [0, 0.05) is 0 Å². The molecule has 0 bridgehead atoms. The third-order valence-corrected chi connectivity index (χ3v) is 3.19. The first-order chi connectivity index (χ1) is 8.91. The smallest absolute Gasteiger partial charge is 0.253 e. The monoisotopic (exact) mass is 326 g/mol. The Bertz CT molecular complexity index is 603. The lowest BCUT2D eigenvalue weighted by Gasteiger charge is -2.12. The van der Waals surface area contributed by atoms with Crippen molar-refractivity contribution in [2.75, 3.05) is 5.32 Å². The van der Waals surface area contributed by atoms with E-state index >= 15 is 0 Å². The molecule has 100 valence electrons. The van der Waals surface area contributed by atoms with Crippen molar-refractivity contribution in [2.45, 2.75) is 0 Å². The molecule has 0 unspecified atom stereocenters. The van der Waals surface area contributed by atoms with Gasteiger partial charge in [0.05, 0.1) is 15.7 Å². The third kappa shape index (κ3) is 2.73. The van der Waals surface area contributed by atoms with Gasteiger partial charge < -0.3 is 5.32 Å². The Balaban J connectivity index is 2.56. The van der Waals surface area contributed by atoms with Crippen LogP contribution in [0.4, 0.5) is 24.5 Å². The Morgan fingerprint density at radius 1 is 0.895 bits per heavy atom. The first-order valence-electron chi connectivity index (χ1n) is 4.83. The molecule has 1 aromatic heterocycles. The predicted octanol–water partition coefficient (Wildman–Crippen LogP) is 5.20. The van der Waals surface area contributed by atoms with Crippen LogP contribution in [0.3, 0.4) is 0 Å². The number of hydrogen-bond acceptors (Lipinski definition) is 2. The topological polar surface area (TPSA) is 24.9 Å². The van der Waals surface area contributed by atoms with E-state index in [1.165, 1.54) is 12.1 Å². The van der Waals surface area contributed by atoms with Gasteiger partial charge in [-0.05, 0) is 12.1 Å². The summed E-state index contributed by atoms with van der Waals surface area (Å²) in [5.41, 5.74) is -0.543. The first kappa shape index (κ1) is 14.2. The van der Waals surface area contributed by atoms with Crippen LogP contribution in [0, 0.1) is 17.7 Å². The molecule has 2 rings (SSSR count). The Hall–Kier alpha value is -1.17. The molecule has 0 aliphatic carbocycles. The quantitative estimate of drug-likeness (QED) is 0.767. The van der Waals surface area contributed by atoms with Crippen molar-refractivity contribution in [1.29, 1.82) is 0 Å². The van der Waals surface area contributed by atoms with E-state index in [0.29, 0.717) is 0 Å². The van der Waals surface area contributed by atoms with Gasteiger partial charge in [-0.3, -0.25) is 0 Å². The number of hydrogen-bond donors (Lipinski definition) is 1. The molecule has 2 aromatic rings. The highest BCUT2D eigenvalue weighted by atomic mass is 35.5. The van der Waals surface area contributed by atoms with Crippen LogP contribution in [0.1, 0.15) is 0 Å². The van der Waals surface area contributed by atoms with Gasteiger partial charge in [-0.2, -0.15) is 18.2 Å². The van der Waals surface area contributed by atoms with Gasteiger partial charge in [0.15, 0.2) is 0 Å². The minimum atomic E-state index is -1.62. The average molecular weight is 328 g/mol. The summed E-state index contributed by atoms with van der Waals surface area (Å²) < 4.78 is 39.8. The molecule has 8 heteroatoms. The predicted molar refractivity (Wildman–Crippen MR) is 68.9 cm³/mol. The molecule has 0 saturated heterocycles. The fraction of sp³-hybridized carbons (Fsp3) is 0. The van der Waals surface area contributed by atoms with Gasteiger partial charge >= 0.3 is 0 Å². The molecular weight excluding hydrogens is 323 g/mol. The highest BCUT2D eigenvalue weighted by molar-refractivity contribution is 6.39. The van der Waals surface area contributed by atoms with E-state index in [1.54, 1.807) is 6.07 Å². The van der Waals surface area contributed by atoms with Crippen LogP contribution in [-0.4, -0.2) is 4.98 Å². The van der Waals surface area contributed by atoms with Gasteiger partial charge in [0.25, 0.3) is 5.95 Å². The zero-order chi connectivity index (χ0) is 14.2. The number of rotatable bonds is 2. The fourth-order valence-corrected chi connectivity index (χ4v) is 2.00. The molecular formula is C11H4Cl3F3N2. The molecule has 2 nitrogen and oxygen atoms in total. The molecule has 0 spiro atoms. The van der Waals surface area contributed by atoms with Crippen LogP contribution in [0.5, 0.6) is 0 Å². The highest BCUT2D eigenvalue weighted by Crippen LogP contribution is 2.37. The second-order valence-corrected chi connectivity index (χ2v) is 4.61. The van der Waals surface area contributed by atoms with E-state index < -0.39 is 28.4 Å². The summed E-state index contributed by atoms with van der Waals surface area (Å²) in [6, 6.07) is 4.49. The maximum atomic E-state index is 13.6. The molecule has 0 saturated carbocycles. The zero-order valence-electron chi connectivity index (χ0n) is 8.95. The Labute approximate surface area is 121 Å². The van der Waals surface area contributed by atoms with Crippen LogP contribution in [-0.2, 0) is 0 Å². The van der Waals surface area contributed by atoms with Gasteiger partial charge in [-0.25, -0.2) is 0 Å². The third-order valence-electron chi connectivity index (χ3n) is 2.21. The fourth-order valence-electron chi connectivity index (χ4n) is 1.34. The number of nitrogens with one attached hydrogen (secondary N) is 1. The van der Waals surface area contributed by atoms with Crippen molar-refractivity contribution < 1.29 is 13.2 Å². The number of pyridine rings is 1. The van der Waals surface area contributed by atoms with Gasteiger partial charge in [0.2, 0.25) is 11.8 Å². The minimum absolute atomic E-state index is 0.0802. The lowest BCUT2D eigenvalue weighted by Crippen LogP contribution is -2.03. The van der Waals surface area contributed by atoms with E-state index in [1.807, 2.05) is 0 Å². The Morgan fingerprint density at radius 2 is 1.47 bits per heavy atom. The summed E-state index contributed by atoms with van der Waals surface area (Å²) in [7, 11) is 0. The first-order valence-corrected chi connectivity index (χ1v) is 5.96. The number of aromatic nitrogens is 1. The Morgan fingerprint density at radius 3 is 2.05 bits per heavy atom. The lowest BCUT2D eigenvalue weighted by atomic mass is 10.3. The number of para-hydroxylation sites is 1. The molecule has 1 aromatic carbocycles. The summed E-state index contributed by atoms with van der Waals surface area (Å²) >= 11 is 17.2.